The molecular weight excluding hydrogens is 190 g/mol. The summed E-state index contributed by atoms with van der Waals surface area (Å²) in [6.45, 7) is 3.69. The van der Waals surface area contributed by atoms with Gasteiger partial charge in [0.2, 0.25) is 5.91 Å². The fourth-order valence-corrected chi connectivity index (χ4v) is 1.54. The summed E-state index contributed by atoms with van der Waals surface area (Å²) in [6, 6.07) is 0. The van der Waals surface area contributed by atoms with Gasteiger partial charge in [0.25, 0.3) is 0 Å². The summed E-state index contributed by atoms with van der Waals surface area (Å²) in [6.07, 6.45) is -0.0733. The smallest absolute Gasteiger partial charge is 0.242 e. The van der Waals surface area contributed by atoms with Crippen molar-refractivity contribution < 1.29 is 9.59 Å². The van der Waals surface area contributed by atoms with Crippen LogP contribution in [0.4, 0.5) is 0 Å². The minimum Gasteiger partial charge on any atom is -0.299 e. The van der Waals surface area contributed by atoms with Crippen molar-refractivity contribution in [3.63, 3.8) is 0 Å². The zero-order chi connectivity index (χ0) is 9.84. The number of hydrogen-bond acceptors (Lipinski definition) is 5. The standard InChI is InChI=1S/C7H11N3O2S/c1-5(11)3-7(12)9-10-4-8-6(2)13-10/h3-4H2,1-2H3,(H,9,12). The normalized spacial score (nSPS) is 16.9. The van der Waals surface area contributed by atoms with E-state index in [1.807, 2.05) is 6.92 Å². The maximum Gasteiger partial charge on any atom is 0.242 e. The monoisotopic (exact) mass is 201 g/mol. The Kier molecular flexibility index (Phi) is 3.44. The Hall–Kier alpha value is -0.880. The molecule has 1 N–H and O–H groups in total. The molecule has 0 saturated heterocycles. The van der Waals surface area contributed by atoms with Crippen LogP contribution in [0.1, 0.15) is 20.3 Å². The van der Waals surface area contributed by atoms with Gasteiger partial charge in [-0.1, -0.05) is 0 Å². The van der Waals surface area contributed by atoms with Crippen LogP contribution in [0.2, 0.25) is 0 Å². The first-order valence-corrected chi connectivity index (χ1v) is 4.61. The summed E-state index contributed by atoms with van der Waals surface area (Å²) in [5.74, 6) is -0.427. The molecule has 0 bridgehead atoms. The predicted molar refractivity (Wildman–Crippen MR) is 50.8 cm³/mol. The molecule has 0 spiro atoms. The number of nitrogens with zero attached hydrogens (tertiary/aromatic N) is 2. The van der Waals surface area contributed by atoms with Crippen molar-refractivity contribution in [3.8, 4) is 0 Å². The van der Waals surface area contributed by atoms with E-state index in [1.54, 1.807) is 4.41 Å². The van der Waals surface area contributed by atoms with Crippen molar-refractivity contribution in [3.05, 3.63) is 0 Å². The largest absolute Gasteiger partial charge is 0.299 e. The molecule has 6 heteroatoms. The number of carbonyl (C=O) groups excluding carboxylic acids is 2. The van der Waals surface area contributed by atoms with Crippen molar-refractivity contribution in [2.45, 2.75) is 20.3 Å². The molecule has 0 fully saturated rings. The van der Waals surface area contributed by atoms with Crippen LogP contribution in [0, 0.1) is 0 Å². The molecule has 1 heterocycles. The van der Waals surface area contributed by atoms with Crippen molar-refractivity contribution >= 4 is 28.7 Å². The molecule has 0 unspecified atom stereocenters. The Morgan fingerprint density at radius 3 is 2.85 bits per heavy atom. The number of rotatable bonds is 3. The highest BCUT2D eigenvalue weighted by Gasteiger charge is 2.16. The number of carbonyl (C=O) groups is 2. The highest BCUT2D eigenvalue weighted by atomic mass is 32.2. The molecule has 0 saturated carbocycles. The molecule has 5 nitrogen and oxygen atoms in total. The Bertz CT molecular complexity index is 264. The maximum absolute atomic E-state index is 11.1. The van der Waals surface area contributed by atoms with Gasteiger partial charge in [-0.2, -0.15) is 0 Å². The van der Waals surface area contributed by atoms with Crippen LogP contribution in [0.25, 0.3) is 0 Å². The van der Waals surface area contributed by atoms with E-state index in [4.69, 9.17) is 0 Å². The molecule has 0 aromatic carbocycles. The number of Topliss-reactive ketones (excluding diaryl/α,β-unsaturated/α-hetero) is 1. The summed E-state index contributed by atoms with van der Waals surface area (Å²) in [5, 5.41) is 0.906. The second kappa shape index (κ2) is 4.38. The average Bonchev–Trinajstić information content (AvgIpc) is 2.33. The van der Waals surface area contributed by atoms with E-state index in [1.165, 1.54) is 18.9 Å². The lowest BCUT2D eigenvalue weighted by molar-refractivity contribution is -0.129. The van der Waals surface area contributed by atoms with Gasteiger partial charge in [0.05, 0.1) is 11.5 Å². The third-order valence-corrected chi connectivity index (χ3v) is 2.14. The first kappa shape index (κ1) is 10.2. The molecule has 1 aliphatic rings. The first-order chi connectivity index (χ1) is 6.08. The van der Waals surface area contributed by atoms with E-state index in [9.17, 15) is 9.59 Å². The third-order valence-electron chi connectivity index (χ3n) is 1.32. The van der Waals surface area contributed by atoms with Crippen LogP contribution >= 0.6 is 11.9 Å². The molecule has 1 rings (SSSR count). The lowest BCUT2D eigenvalue weighted by Gasteiger charge is -2.12. The lowest BCUT2D eigenvalue weighted by atomic mass is 10.3. The number of hydrogen-bond donors (Lipinski definition) is 1. The van der Waals surface area contributed by atoms with E-state index in [2.05, 4.69) is 10.4 Å². The number of aliphatic imine (C=N–C) groups is 1. The Balaban J connectivity index is 2.26. The van der Waals surface area contributed by atoms with Crippen molar-refractivity contribution in [2.24, 2.45) is 4.99 Å². The van der Waals surface area contributed by atoms with E-state index in [0.717, 1.165) is 5.04 Å². The number of nitrogens with one attached hydrogen (secondary N) is 1. The zero-order valence-electron chi connectivity index (χ0n) is 7.53. The van der Waals surface area contributed by atoms with E-state index in [-0.39, 0.29) is 18.1 Å². The van der Waals surface area contributed by atoms with Gasteiger partial charge in [-0.25, -0.2) is 0 Å². The van der Waals surface area contributed by atoms with Crippen LogP contribution in [0.5, 0.6) is 0 Å². The van der Waals surface area contributed by atoms with Crippen molar-refractivity contribution in [2.75, 3.05) is 6.67 Å². The van der Waals surface area contributed by atoms with Crippen LogP contribution < -0.4 is 5.43 Å². The van der Waals surface area contributed by atoms with Gasteiger partial charge in [0.1, 0.15) is 12.5 Å². The number of amides is 1. The molecule has 1 aliphatic heterocycles. The predicted octanol–water partition coefficient (Wildman–Crippen LogP) is 0.336. The lowest BCUT2D eigenvalue weighted by Crippen LogP contribution is -2.36. The molecular formula is C7H11N3O2S. The second-order valence-electron chi connectivity index (χ2n) is 2.70. The Morgan fingerprint density at radius 2 is 2.38 bits per heavy atom. The van der Waals surface area contributed by atoms with E-state index in [0.29, 0.717) is 6.67 Å². The van der Waals surface area contributed by atoms with Gasteiger partial charge in [0.15, 0.2) is 0 Å². The summed E-state index contributed by atoms with van der Waals surface area (Å²) in [5.41, 5.74) is 2.56. The number of hydrazine groups is 1. The Labute approximate surface area is 80.7 Å². The topological polar surface area (TPSA) is 61.8 Å². The van der Waals surface area contributed by atoms with Crippen molar-refractivity contribution in [1.29, 1.82) is 0 Å². The van der Waals surface area contributed by atoms with Gasteiger partial charge in [-0.05, 0) is 25.8 Å². The quantitative estimate of drug-likeness (QED) is 0.528. The molecule has 72 valence electrons. The molecule has 0 aliphatic carbocycles. The van der Waals surface area contributed by atoms with Crippen LogP contribution in [-0.4, -0.2) is 27.8 Å². The SMILES string of the molecule is CC(=O)CC(=O)NN1CN=C(C)S1. The molecule has 0 atom stereocenters. The minimum absolute atomic E-state index is 0.0733. The summed E-state index contributed by atoms with van der Waals surface area (Å²) in [4.78, 5) is 25.7. The fraction of sp³-hybridized carbons (Fsp3) is 0.571. The van der Waals surface area contributed by atoms with Gasteiger partial charge in [-0.3, -0.25) is 20.0 Å². The molecule has 1 amide bonds. The third kappa shape index (κ3) is 3.56. The van der Waals surface area contributed by atoms with Crippen molar-refractivity contribution in [1.82, 2.24) is 9.84 Å². The maximum atomic E-state index is 11.1. The first-order valence-electron chi connectivity index (χ1n) is 3.83. The highest BCUT2D eigenvalue weighted by molar-refractivity contribution is 8.12. The molecule has 0 radical (unpaired) electrons. The van der Waals surface area contributed by atoms with Gasteiger partial charge < -0.3 is 0 Å². The average molecular weight is 201 g/mol. The highest BCUT2D eigenvalue weighted by Crippen LogP contribution is 2.15. The van der Waals surface area contributed by atoms with Crippen LogP contribution in [0.15, 0.2) is 4.99 Å². The van der Waals surface area contributed by atoms with E-state index < -0.39 is 0 Å². The second-order valence-corrected chi connectivity index (χ2v) is 3.92. The summed E-state index contributed by atoms with van der Waals surface area (Å²) in [7, 11) is 0. The Morgan fingerprint density at radius 1 is 1.69 bits per heavy atom. The molecule has 0 aromatic rings. The van der Waals surface area contributed by atoms with Gasteiger partial charge >= 0.3 is 0 Å². The minimum atomic E-state index is -0.287. The van der Waals surface area contributed by atoms with Gasteiger partial charge in [0, 0.05) is 0 Å². The molecule has 13 heavy (non-hydrogen) atoms. The van der Waals surface area contributed by atoms with Crippen LogP contribution in [-0.2, 0) is 9.59 Å². The number of ketones is 1. The van der Waals surface area contributed by atoms with Gasteiger partial charge in [-0.15, -0.1) is 4.41 Å². The fourth-order valence-electron chi connectivity index (χ4n) is 0.844. The van der Waals surface area contributed by atoms with E-state index >= 15 is 0 Å². The summed E-state index contributed by atoms with van der Waals surface area (Å²) >= 11 is 1.36. The molecule has 0 aromatic heterocycles. The van der Waals surface area contributed by atoms with Crippen LogP contribution in [0.3, 0.4) is 0 Å². The summed E-state index contributed by atoms with van der Waals surface area (Å²) < 4.78 is 1.60. The zero-order valence-corrected chi connectivity index (χ0v) is 8.35.